The minimum Gasteiger partial charge on any atom is -0.378 e. The Labute approximate surface area is 100 Å². The Hall–Kier alpha value is -1.40. The molecule has 1 unspecified atom stereocenters. The van der Waals surface area contributed by atoms with E-state index in [1.165, 1.54) is 0 Å². The van der Waals surface area contributed by atoms with Gasteiger partial charge in [0.2, 0.25) is 5.91 Å². The summed E-state index contributed by atoms with van der Waals surface area (Å²) in [7, 11) is 0. The van der Waals surface area contributed by atoms with Crippen molar-refractivity contribution in [2.45, 2.75) is 25.8 Å². The number of morpholine rings is 1. The lowest BCUT2D eigenvalue weighted by atomic mass is 10.1. The highest BCUT2D eigenvalue weighted by Crippen LogP contribution is 2.14. The maximum atomic E-state index is 11.8. The molecule has 1 saturated heterocycles. The summed E-state index contributed by atoms with van der Waals surface area (Å²) < 4.78 is 5.23. The van der Waals surface area contributed by atoms with E-state index >= 15 is 0 Å². The number of aromatic amines is 1. The van der Waals surface area contributed by atoms with Crippen LogP contribution in [0.5, 0.6) is 0 Å². The summed E-state index contributed by atoms with van der Waals surface area (Å²) in [5.74, 6) is 0.821. The fraction of sp³-hybridized carbons (Fsp3) is 0.636. The average molecular weight is 238 g/mol. The van der Waals surface area contributed by atoms with Gasteiger partial charge in [0.15, 0.2) is 5.82 Å². The second-order valence-electron chi connectivity index (χ2n) is 4.43. The first-order valence-corrected chi connectivity index (χ1v) is 5.84. The molecule has 2 rings (SSSR count). The van der Waals surface area contributed by atoms with Crippen LogP contribution in [0.2, 0.25) is 0 Å². The first-order valence-electron chi connectivity index (χ1n) is 5.84. The van der Waals surface area contributed by atoms with Crippen molar-refractivity contribution in [1.29, 1.82) is 0 Å². The van der Waals surface area contributed by atoms with Crippen LogP contribution < -0.4 is 10.6 Å². The maximum absolute atomic E-state index is 11.8. The van der Waals surface area contributed by atoms with Gasteiger partial charge in [-0.15, -0.1) is 0 Å². The highest BCUT2D eigenvalue weighted by molar-refractivity contribution is 5.94. The molecule has 1 aliphatic heterocycles. The molecule has 6 heteroatoms. The van der Waals surface area contributed by atoms with Crippen molar-refractivity contribution in [2.75, 3.05) is 25.1 Å². The van der Waals surface area contributed by atoms with E-state index < -0.39 is 0 Å². The van der Waals surface area contributed by atoms with Gasteiger partial charge in [0.25, 0.3) is 0 Å². The lowest BCUT2D eigenvalue weighted by Gasteiger charge is -2.22. The Morgan fingerprint density at radius 1 is 1.65 bits per heavy atom. The van der Waals surface area contributed by atoms with Gasteiger partial charge in [-0.25, -0.2) is 0 Å². The first kappa shape index (κ1) is 12.1. The van der Waals surface area contributed by atoms with E-state index in [9.17, 15) is 4.79 Å². The fourth-order valence-electron chi connectivity index (χ4n) is 1.64. The predicted molar refractivity (Wildman–Crippen MR) is 63.9 cm³/mol. The molecule has 17 heavy (non-hydrogen) atoms. The van der Waals surface area contributed by atoms with Crippen molar-refractivity contribution >= 4 is 11.7 Å². The number of ether oxygens (including phenoxy) is 1. The molecule has 3 N–H and O–H groups in total. The normalized spacial score (nSPS) is 20.5. The van der Waals surface area contributed by atoms with Gasteiger partial charge in [0, 0.05) is 18.3 Å². The van der Waals surface area contributed by atoms with Crippen LogP contribution in [0.3, 0.4) is 0 Å². The van der Waals surface area contributed by atoms with Gasteiger partial charge in [0.1, 0.15) is 6.04 Å². The van der Waals surface area contributed by atoms with Crippen molar-refractivity contribution in [1.82, 2.24) is 15.5 Å². The highest BCUT2D eigenvalue weighted by atomic mass is 16.5. The first-order chi connectivity index (χ1) is 8.16. The van der Waals surface area contributed by atoms with Crippen LogP contribution in [0.15, 0.2) is 6.07 Å². The van der Waals surface area contributed by atoms with E-state index in [-0.39, 0.29) is 11.9 Å². The van der Waals surface area contributed by atoms with Gasteiger partial charge in [-0.1, -0.05) is 13.8 Å². The lowest BCUT2D eigenvalue weighted by molar-refractivity contribution is -0.120. The van der Waals surface area contributed by atoms with Gasteiger partial charge < -0.3 is 15.4 Å². The minimum absolute atomic E-state index is 0.105. The number of carbonyl (C=O) groups excluding carboxylic acids is 1. The SMILES string of the molecule is CC(C)c1cc(NC(=O)C2COCCN2)n[nH]1. The molecule has 0 saturated carbocycles. The zero-order valence-electron chi connectivity index (χ0n) is 10.1. The fourth-order valence-corrected chi connectivity index (χ4v) is 1.64. The standard InChI is InChI=1S/C11H18N4O2/c1-7(2)8-5-10(15-14-8)13-11(16)9-6-17-4-3-12-9/h5,7,9,12H,3-4,6H2,1-2H3,(H2,13,14,15,16). The number of nitrogens with zero attached hydrogens (tertiary/aromatic N) is 1. The zero-order chi connectivity index (χ0) is 12.3. The number of nitrogens with one attached hydrogen (secondary N) is 3. The number of H-pyrrole nitrogens is 1. The maximum Gasteiger partial charge on any atom is 0.245 e. The number of amides is 1. The minimum atomic E-state index is -0.289. The molecule has 1 aromatic heterocycles. The molecule has 0 bridgehead atoms. The molecule has 1 atom stereocenters. The number of aromatic nitrogens is 2. The summed E-state index contributed by atoms with van der Waals surface area (Å²) in [6.07, 6.45) is 0. The molecular weight excluding hydrogens is 220 g/mol. The lowest BCUT2D eigenvalue weighted by Crippen LogP contribution is -2.48. The van der Waals surface area contributed by atoms with Crippen LogP contribution in [0.25, 0.3) is 0 Å². The summed E-state index contributed by atoms with van der Waals surface area (Å²) in [4.78, 5) is 11.8. The van der Waals surface area contributed by atoms with Crippen molar-refractivity contribution in [3.8, 4) is 0 Å². The van der Waals surface area contributed by atoms with Gasteiger partial charge in [-0.3, -0.25) is 9.89 Å². The van der Waals surface area contributed by atoms with E-state index in [1.807, 2.05) is 6.07 Å². The molecule has 1 aliphatic rings. The summed E-state index contributed by atoms with van der Waals surface area (Å²) in [5.41, 5.74) is 1.01. The molecule has 0 aromatic carbocycles. The molecule has 1 amide bonds. The van der Waals surface area contributed by atoms with Crippen molar-refractivity contribution < 1.29 is 9.53 Å². The smallest absolute Gasteiger partial charge is 0.245 e. The summed E-state index contributed by atoms with van der Waals surface area (Å²) in [5, 5.41) is 12.8. The number of rotatable bonds is 3. The van der Waals surface area contributed by atoms with E-state index in [0.717, 1.165) is 5.69 Å². The van der Waals surface area contributed by atoms with E-state index in [4.69, 9.17) is 4.74 Å². The topological polar surface area (TPSA) is 79.0 Å². The molecule has 94 valence electrons. The Kier molecular flexibility index (Phi) is 3.75. The van der Waals surface area contributed by atoms with E-state index in [0.29, 0.717) is 31.5 Å². The van der Waals surface area contributed by atoms with Crippen LogP contribution in [-0.4, -0.2) is 41.9 Å². The largest absolute Gasteiger partial charge is 0.378 e. The van der Waals surface area contributed by atoms with Crippen LogP contribution in [0, 0.1) is 0 Å². The van der Waals surface area contributed by atoms with E-state index in [1.54, 1.807) is 0 Å². The van der Waals surface area contributed by atoms with Gasteiger partial charge in [-0.05, 0) is 5.92 Å². The average Bonchev–Trinajstić information content (AvgIpc) is 2.79. The molecule has 6 nitrogen and oxygen atoms in total. The monoisotopic (exact) mass is 238 g/mol. The number of hydrogen-bond donors (Lipinski definition) is 3. The van der Waals surface area contributed by atoms with Gasteiger partial charge in [0.05, 0.1) is 13.2 Å². The van der Waals surface area contributed by atoms with Crippen LogP contribution in [0.4, 0.5) is 5.82 Å². The van der Waals surface area contributed by atoms with Crippen LogP contribution in [-0.2, 0) is 9.53 Å². The molecule has 2 heterocycles. The Balaban J connectivity index is 1.92. The second kappa shape index (κ2) is 5.29. The molecule has 0 aliphatic carbocycles. The quantitative estimate of drug-likeness (QED) is 0.715. The Morgan fingerprint density at radius 2 is 2.47 bits per heavy atom. The molecule has 1 aromatic rings. The van der Waals surface area contributed by atoms with Gasteiger partial charge in [-0.2, -0.15) is 5.10 Å². The molecule has 0 radical (unpaired) electrons. The summed E-state index contributed by atoms with van der Waals surface area (Å²) >= 11 is 0. The zero-order valence-corrected chi connectivity index (χ0v) is 10.1. The van der Waals surface area contributed by atoms with Crippen molar-refractivity contribution in [3.05, 3.63) is 11.8 Å². The predicted octanol–water partition coefficient (Wildman–Crippen LogP) is 0.460. The van der Waals surface area contributed by atoms with E-state index in [2.05, 4.69) is 34.7 Å². The van der Waals surface area contributed by atoms with Crippen LogP contribution in [0.1, 0.15) is 25.5 Å². The third-order valence-corrected chi connectivity index (χ3v) is 2.71. The van der Waals surface area contributed by atoms with Crippen molar-refractivity contribution in [3.63, 3.8) is 0 Å². The van der Waals surface area contributed by atoms with Crippen molar-refractivity contribution in [2.24, 2.45) is 0 Å². The number of carbonyl (C=O) groups is 1. The second-order valence-corrected chi connectivity index (χ2v) is 4.43. The van der Waals surface area contributed by atoms with Crippen LogP contribution >= 0.6 is 0 Å². The molecular formula is C11H18N4O2. The third kappa shape index (κ3) is 3.04. The van der Waals surface area contributed by atoms with Gasteiger partial charge >= 0.3 is 0 Å². The molecule has 0 spiro atoms. The number of hydrogen-bond acceptors (Lipinski definition) is 4. The molecule has 1 fully saturated rings. The Bertz CT molecular complexity index is 383. The number of anilines is 1. The highest BCUT2D eigenvalue weighted by Gasteiger charge is 2.21. The summed E-state index contributed by atoms with van der Waals surface area (Å²) in [6.45, 7) is 5.90. The third-order valence-electron chi connectivity index (χ3n) is 2.71. The Morgan fingerprint density at radius 3 is 3.06 bits per heavy atom. The summed E-state index contributed by atoms with van der Waals surface area (Å²) in [6, 6.07) is 1.56.